The van der Waals surface area contributed by atoms with Crippen molar-refractivity contribution in [1.82, 2.24) is 19.7 Å². The second-order valence-electron chi connectivity index (χ2n) is 4.21. The quantitative estimate of drug-likeness (QED) is 0.777. The van der Waals surface area contributed by atoms with Crippen molar-refractivity contribution in [2.45, 2.75) is 6.10 Å². The molecule has 0 amide bonds. The van der Waals surface area contributed by atoms with Crippen LogP contribution < -0.4 is 0 Å². The average molecular weight is 275 g/mol. The monoisotopic (exact) mass is 274 g/mol. The van der Waals surface area contributed by atoms with Crippen LogP contribution in [0.4, 0.5) is 0 Å². The lowest BCUT2D eigenvalue weighted by molar-refractivity contribution is 0.210. The highest BCUT2D eigenvalue weighted by atomic mass is 35.5. The maximum atomic E-state index is 10.4. The SMILES string of the molecule is Cn1ncc(Cl)c1C(O)c1ccc2nccnc2c1. The van der Waals surface area contributed by atoms with Crippen molar-refractivity contribution >= 4 is 22.6 Å². The zero-order valence-electron chi connectivity index (χ0n) is 10.2. The molecular weight excluding hydrogens is 264 g/mol. The van der Waals surface area contributed by atoms with Crippen molar-refractivity contribution in [3.63, 3.8) is 0 Å². The Morgan fingerprint density at radius 2 is 1.95 bits per heavy atom. The topological polar surface area (TPSA) is 63.8 Å². The van der Waals surface area contributed by atoms with E-state index < -0.39 is 6.10 Å². The van der Waals surface area contributed by atoms with Gasteiger partial charge in [0.15, 0.2) is 0 Å². The molecule has 0 bridgehead atoms. The van der Waals surface area contributed by atoms with Gasteiger partial charge in [-0.3, -0.25) is 14.6 Å². The van der Waals surface area contributed by atoms with Crippen molar-refractivity contribution in [1.29, 1.82) is 0 Å². The fourth-order valence-corrected chi connectivity index (χ4v) is 2.31. The van der Waals surface area contributed by atoms with Gasteiger partial charge in [0.2, 0.25) is 0 Å². The lowest BCUT2D eigenvalue weighted by Gasteiger charge is -2.12. The van der Waals surface area contributed by atoms with E-state index in [9.17, 15) is 5.11 Å². The molecular formula is C13H11ClN4O. The van der Waals surface area contributed by atoms with Gasteiger partial charge < -0.3 is 5.11 Å². The number of aromatic nitrogens is 4. The van der Waals surface area contributed by atoms with Gasteiger partial charge in [-0.1, -0.05) is 17.7 Å². The third-order valence-corrected chi connectivity index (χ3v) is 3.30. The van der Waals surface area contributed by atoms with Crippen molar-refractivity contribution in [3.8, 4) is 0 Å². The minimum atomic E-state index is -0.841. The summed E-state index contributed by atoms with van der Waals surface area (Å²) in [5, 5.41) is 14.9. The number of hydrogen-bond acceptors (Lipinski definition) is 4. The predicted octanol–water partition coefficient (Wildman–Crippen LogP) is 2.10. The molecule has 0 spiro atoms. The second-order valence-corrected chi connectivity index (χ2v) is 4.62. The van der Waals surface area contributed by atoms with Crippen LogP contribution in [0.3, 0.4) is 0 Å². The summed E-state index contributed by atoms with van der Waals surface area (Å²) in [5.41, 5.74) is 2.79. The number of halogens is 1. The zero-order chi connectivity index (χ0) is 13.4. The highest BCUT2D eigenvalue weighted by Gasteiger charge is 2.18. The molecule has 1 N–H and O–H groups in total. The Kier molecular flexibility index (Phi) is 2.93. The molecule has 0 aliphatic carbocycles. The maximum Gasteiger partial charge on any atom is 0.122 e. The Morgan fingerprint density at radius 1 is 1.21 bits per heavy atom. The first kappa shape index (κ1) is 12.1. The van der Waals surface area contributed by atoms with Crippen LogP contribution in [0.1, 0.15) is 17.4 Å². The molecule has 0 saturated heterocycles. The van der Waals surface area contributed by atoms with Crippen LogP contribution in [0.2, 0.25) is 5.02 Å². The summed E-state index contributed by atoms with van der Waals surface area (Å²) in [6.45, 7) is 0. The van der Waals surface area contributed by atoms with Crippen LogP contribution in [0.15, 0.2) is 36.8 Å². The Balaban J connectivity index is 2.09. The number of rotatable bonds is 2. The lowest BCUT2D eigenvalue weighted by Crippen LogP contribution is -2.07. The number of nitrogens with zero attached hydrogens (tertiary/aromatic N) is 4. The molecule has 5 nitrogen and oxygen atoms in total. The van der Waals surface area contributed by atoms with Crippen molar-refractivity contribution in [2.75, 3.05) is 0 Å². The summed E-state index contributed by atoms with van der Waals surface area (Å²) in [6, 6.07) is 5.44. The van der Waals surface area contributed by atoms with E-state index in [0.717, 1.165) is 11.0 Å². The van der Waals surface area contributed by atoms with Gasteiger partial charge >= 0.3 is 0 Å². The molecule has 0 aliphatic heterocycles. The third-order valence-electron chi connectivity index (χ3n) is 3.01. The number of aryl methyl sites for hydroxylation is 1. The van der Waals surface area contributed by atoms with Crippen molar-refractivity contribution < 1.29 is 5.11 Å². The fourth-order valence-electron chi connectivity index (χ4n) is 2.04. The van der Waals surface area contributed by atoms with Gasteiger partial charge in [-0.05, 0) is 17.7 Å². The van der Waals surface area contributed by atoms with Crippen LogP contribution in [-0.2, 0) is 7.05 Å². The maximum absolute atomic E-state index is 10.4. The van der Waals surface area contributed by atoms with Gasteiger partial charge in [-0.2, -0.15) is 5.10 Å². The summed E-state index contributed by atoms with van der Waals surface area (Å²) in [5.74, 6) is 0. The smallest absolute Gasteiger partial charge is 0.122 e. The normalized spacial score (nSPS) is 12.8. The first-order valence-electron chi connectivity index (χ1n) is 5.73. The molecule has 2 heterocycles. The number of hydrogen-bond donors (Lipinski definition) is 1. The molecule has 0 radical (unpaired) electrons. The van der Waals surface area contributed by atoms with E-state index >= 15 is 0 Å². The Morgan fingerprint density at radius 3 is 2.63 bits per heavy atom. The first-order chi connectivity index (χ1) is 9.16. The number of aliphatic hydroxyl groups excluding tert-OH is 1. The minimum Gasteiger partial charge on any atom is -0.382 e. The molecule has 0 fully saturated rings. The van der Waals surface area contributed by atoms with Gasteiger partial charge in [0, 0.05) is 19.4 Å². The summed E-state index contributed by atoms with van der Waals surface area (Å²) in [4.78, 5) is 8.41. The first-order valence-corrected chi connectivity index (χ1v) is 6.11. The predicted molar refractivity (Wildman–Crippen MR) is 71.8 cm³/mol. The van der Waals surface area contributed by atoms with Crippen LogP contribution in [0, 0.1) is 0 Å². The molecule has 96 valence electrons. The van der Waals surface area contributed by atoms with E-state index in [1.54, 1.807) is 30.2 Å². The summed E-state index contributed by atoms with van der Waals surface area (Å²) in [6.07, 6.45) is 3.93. The average Bonchev–Trinajstić information content (AvgIpc) is 2.77. The fraction of sp³-hybridized carbons (Fsp3) is 0.154. The molecule has 1 unspecified atom stereocenters. The molecule has 0 saturated carbocycles. The van der Waals surface area contributed by atoms with E-state index in [4.69, 9.17) is 11.6 Å². The highest BCUT2D eigenvalue weighted by Crippen LogP contribution is 2.28. The van der Waals surface area contributed by atoms with E-state index in [1.807, 2.05) is 12.1 Å². The third kappa shape index (κ3) is 2.07. The summed E-state index contributed by atoms with van der Waals surface area (Å²) >= 11 is 6.04. The van der Waals surface area contributed by atoms with Gasteiger partial charge in [0.05, 0.1) is 27.9 Å². The summed E-state index contributed by atoms with van der Waals surface area (Å²) in [7, 11) is 1.74. The molecule has 1 aromatic carbocycles. The molecule has 3 aromatic rings. The Labute approximate surface area is 114 Å². The van der Waals surface area contributed by atoms with E-state index in [0.29, 0.717) is 16.3 Å². The van der Waals surface area contributed by atoms with E-state index in [1.165, 1.54) is 6.20 Å². The molecule has 0 aliphatic rings. The van der Waals surface area contributed by atoms with Crippen molar-refractivity contribution in [3.05, 3.63) is 53.1 Å². The highest BCUT2D eigenvalue weighted by molar-refractivity contribution is 6.31. The Hall–Kier alpha value is -1.98. The van der Waals surface area contributed by atoms with Gasteiger partial charge in [-0.25, -0.2) is 0 Å². The molecule has 19 heavy (non-hydrogen) atoms. The zero-order valence-corrected chi connectivity index (χ0v) is 10.9. The molecule has 6 heteroatoms. The van der Waals surface area contributed by atoms with E-state index in [2.05, 4.69) is 15.1 Å². The Bertz CT molecular complexity index is 721. The molecule has 1 atom stereocenters. The second kappa shape index (κ2) is 4.60. The number of benzene rings is 1. The van der Waals surface area contributed by atoms with Crippen LogP contribution in [0.25, 0.3) is 11.0 Å². The molecule has 3 rings (SSSR count). The standard InChI is InChI=1S/C13H11ClN4O/c1-18-12(9(14)7-17-18)13(19)8-2-3-10-11(6-8)16-5-4-15-10/h2-7,13,19H,1H3. The van der Waals surface area contributed by atoms with Gasteiger partial charge in [-0.15, -0.1) is 0 Å². The molecule has 2 aromatic heterocycles. The largest absolute Gasteiger partial charge is 0.382 e. The summed E-state index contributed by atoms with van der Waals surface area (Å²) < 4.78 is 1.56. The van der Waals surface area contributed by atoms with Crippen LogP contribution in [-0.4, -0.2) is 24.9 Å². The van der Waals surface area contributed by atoms with Gasteiger partial charge in [0.25, 0.3) is 0 Å². The van der Waals surface area contributed by atoms with E-state index in [-0.39, 0.29) is 0 Å². The van der Waals surface area contributed by atoms with Gasteiger partial charge in [0.1, 0.15) is 6.10 Å². The van der Waals surface area contributed by atoms with Crippen LogP contribution in [0.5, 0.6) is 0 Å². The number of fused-ring (bicyclic) bond motifs is 1. The van der Waals surface area contributed by atoms with Crippen LogP contribution >= 0.6 is 11.6 Å². The van der Waals surface area contributed by atoms with Crippen molar-refractivity contribution in [2.24, 2.45) is 7.05 Å². The minimum absolute atomic E-state index is 0.439. The number of aliphatic hydroxyl groups is 1. The lowest BCUT2D eigenvalue weighted by atomic mass is 10.1.